The van der Waals surface area contributed by atoms with Crippen LogP contribution in [0.15, 0.2) is 48.5 Å². The van der Waals surface area contributed by atoms with Crippen LogP contribution >= 0.6 is 34.8 Å². The number of hydrogen-bond acceptors (Lipinski definition) is 3. The highest BCUT2D eigenvalue weighted by Crippen LogP contribution is 2.65. The second-order valence-corrected chi connectivity index (χ2v) is 12.9. The summed E-state index contributed by atoms with van der Waals surface area (Å²) >= 11 is 18.7. The fourth-order valence-corrected chi connectivity index (χ4v) is 6.24. The molecule has 3 aromatic carbocycles. The van der Waals surface area contributed by atoms with Gasteiger partial charge in [-0.2, -0.15) is 13.2 Å². The summed E-state index contributed by atoms with van der Waals surface area (Å²) in [6, 6.07) is 8.17. The molecule has 44 heavy (non-hydrogen) atoms. The minimum atomic E-state index is -4.98. The van der Waals surface area contributed by atoms with Gasteiger partial charge in [0.2, 0.25) is 5.91 Å². The van der Waals surface area contributed by atoms with E-state index in [1.54, 1.807) is 0 Å². The Morgan fingerprint density at radius 1 is 0.909 bits per heavy atom. The van der Waals surface area contributed by atoms with Crippen LogP contribution in [0, 0.1) is 29.3 Å². The number of anilines is 1. The third-order valence-electron chi connectivity index (χ3n) is 7.73. The average Bonchev–Trinajstić information content (AvgIpc) is 3.85. The van der Waals surface area contributed by atoms with Crippen molar-refractivity contribution in [1.82, 2.24) is 0 Å². The molecule has 2 saturated carbocycles. The van der Waals surface area contributed by atoms with E-state index in [9.17, 15) is 36.3 Å². The first-order chi connectivity index (χ1) is 20.6. The second kappa shape index (κ2) is 12.0. The number of hydrogen-bond donors (Lipinski definition) is 1. The molecule has 2 fully saturated rings. The van der Waals surface area contributed by atoms with Crippen LogP contribution in [-0.2, 0) is 28.6 Å². The summed E-state index contributed by atoms with van der Waals surface area (Å²) in [4.78, 5) is 38.4. The maximum Gasteiger partial charge on any atom is 0.419 e. The molecular formula is C31H22Cl3F6NO3. The molecule has 0 radical (unpaired) electrons. The molecule has 1 amide bonds. The van der Waals surface area contributed by atoms with E-state index in [0.717, 1.165) is 31.0 Å². The number of Topliss-reactive ketones (excluding diaryl/α,β-unsaturated/α-hetero) is 2. The number of carbonyl (C=O) groups excluding carboxylic acids is 3. The van der Waals surface area contributed by atoms with E-state index in [4.69, 9.17) is 34.8 Å². The molecule has 2 atom stereocenters. The van der Waals surface area contributed by atoms with Crippen molar-refractivity contribution in [2.24, 2.45) is 11.8 Å². The van der Waals surface area contributed by atoms with Crippen molar-refractivity contribution >= 4 is 58.0 Å². The lowest BCUT2D eigenvalue weighted by molar-refractivity contribution is -0.140. The van der Waals surface area contributed by atoms with Crippen molar-refractivity contribution in [3.05, 3.63) is 98.8 Å². The molecule has 5 rings (SSSR count). The monoisotopic (exact) mass is 675 g/mol. The van der Waals surface area contributed by atoms with Gasteiger partial charge in [-0.15, -0.1) is 23.2 Å². The fraction of sp³-hybridized carbons (Fsp3) is 0.323. The number of rotatable bonds is 10. The third-order valence-corrected chi connectivity index (χ3v) is 9.00. The molecule has 4 nitrogen and oxygen atoms in total. The largest absolute Gasteiger partial charge is 0.419 e. The summed E-state index contributed by atoms with van der Waals surface area (Å²) in [5.41, 5.74) is -2.24. The molecule has 0 unspecified atom stereocenters. The molecule has 1 N–H and O–H groups in total. The summed E-state index contributed by atoms with van der Waals surface area (Å²) in [5.74, 6) is -7.21. The zero-order chi connectivity index (χ0) is 32.1. The Hall–Kier alpha value is -3.08. The molecule has 2 aliphatic rings. The van der Waals surface area contributed by atoms with E-state index in [1.165, 1.54) is 18.2 Å². The van der Waals surface area contributed by atoms with Crippen molar-refractivity contribution in [2.45, 2.75) is 48.5 Å². The standard InChI is InChI=1S/C31H22Cl3F6NO3/c32-22-6-5-17(41-29(44)27-26(30(27,33)34)15-3-8-24(36)21(10-15)31(38,39)40)12-19(22)25(43)11-16-4-7-23(35)20(28(16)37)13-18(42)9-14-1-2-14/h3-8,10,12,14,26-27H,1-2,9,11,13H2,(H,41,44)/t26-,27+/m0/s1. The van der Waals surface area contributed by atoms with Gasteiger partial charge in [-0.1, -0.05) is 23.7 Å². The summed E-state index contributed by atoms with van der Waals surface area (Å²) in [6.45, 7) is 0. The van der Waals surface area contributed by atoms with Crippen LogP contribution in [0.5, 0.6) is 0 Å². The second-order valence-electron chi connectivity index (χ2n) is 11.0. The maximum atomic E-state index is 15.2. The zero-order valence-corrected chi connectivity index (χ0v) is 24.8. The lowest BCUT2D eigenvalue weighted by Gasteiger charge is -2.12. The quantitative estimate of drug-likeness (QED) is 0.133. The van der Waals surface area contributed by atoms with Gasteiger partial charge in [-0.3, -0.25) is 14.4 Å². The van der Waals surface area contributed by atoms with Crippen LogP contribution in [-0.4, -0.2) is 21.8 Å². The Kier molecular flexibility index (Phi) is 8.83. The van der Waals surface area contributed by atoms with Gasteiger partial charge in [0, 0.05) is 42.0 Å². The molecule has 232 valence electrons. The summed E-state index contributed by atoms with van der Waals surface area (Å²) in [6.07, 6.45) is -3.89. The topological polar surface area (TPSA) is 63.2 Å². The van der Waals surface area contributed by atoms with Crippen LogP contribution in [0.2, 0.25) is 5.02 Å². The molecule has 0 heterocycles. The highest BCUT2D eigenvalue weighted by molar-refractivity contribution is 6.53. The van der Waals surface area contributed by atoms with E-state index in [-0.39, 0.29) is 45.5 Å². The number of amides is 1. The predicted molar refractivity (Wildman–Crippen MR) is 153 cm³/mol. The van der Waals surface area contributed by atoms with Gasteiger partial charge in [0.15, 0.2) is 5.78 Å². The number of nitrogens with one attached hydrogen (secondary N) is 1. The average molecular weight is 677 g/mol. The Morgan fingerprint density at radius 2 is 1.59 bits per heavy atom. The molecule has 0 bridgehead atoms. The minimum Gasteiger partial charge on any atom is -0.326 e. The zero-order valence-electron chi connectivity index (χ0n) is 22.5. The van der Waals surface area contributed by atoms with Gasteiger partial charge in [-0.25, -0.2) is 13.2 Å². The first-order valence-electron chi connectivity index (χ1n) is 13.4. The highest BCUT2D eigenvalue weighted by Gasteiger charge is 2.67. The van der Waals surface area contributed by atoms with E-state index in [1.807, 2.05) is 0 Å². The van der Waals surface area contributed by atoms with Gasteiger partial charge in [0.1, 0.15) is 27.6 Å². The molecule has 3 aromatic rings. The summed E-state index contributed by atoms with van der Waals surface area (Å²) < 4.78 is 81.1. The SMILES string of the molecule is O=C(Cc1c(F)ccc(CC(=O)c2cc(NC(=O)[C@H]3[C@H](c4ccc(F)c(C(F)(F)F)c4)C3(Cl)Cl)ccc2Cl)c1F)CC1CC1. The van der Waals surface area contributed by atoms with Crippen molar-refractivity contribution in [1.29, 1.82) is 0 Å². The minimum absolute atomic E-state index is 0.0327. The van der Waals surface area contributed by atoms with Crippen LogP contribution in [0.25, 0.3) is 0 Å². The van der Waals surface area contributed by atoms with Crippen molar-refractivity contribution in [3.8, 4) is 0 Å². The van der Waals surface area contributed by atoms with Gasteiger partial charge in [-0.05, 0) is 66.3 Å². The van der Waals surface area contributed by atoms with Gasteiger partial charge >= 0.3 is 6.18 Å². The van der Waals surface area contributed by atoms with Crippen LogP contribution in [0.3, 0.4) is 0 Å². The van der Waals surface area contributed by atoms with E-state index >= 15 is 4.39 Å². The fourth-order valence-electron chi connectivity index (χ4n) is 5.18. The first-order valence-corrected chi connectivity index (χ1v) is 14.6. The predicted octanol–water partition coefficient (Wildman–Crippen LogP) is 8.64. The highest BCUT2D eigenvalue weighted by atomic mass is 35.5. The number of alkyl halides is 5. The maximum absolute atomic E-state index is 15.2. The lowest BCUT2D eigenvalue weighted by Crippen LogP contribution is -2.18. The molecule has 0 saturated heterocycles. The van der Waals surface area contributed by atoms with E-state index in [2.05, 4.69) is 5.32 Å². The summed E-state index contributed by atoms with van der Waals surface area (Å²) in [7, 11) is 0. The number of halogens is 9. The van der Waals surface area contributed by atoms with Crippen LogP contribution in [0.4, 0.5) is 32.0 Å². The molecule has 0 spiro atoms. The molecule has 0 aliphatic heterocycles. The molecule has 0 aromatic heterocycles. The summed E-state index contributed by atoms with van der Waals surface area (Å²) in [5, 5.41) is 2.46. The number of carbonyl (C=O) groups is 3. The molecule has 2 aliphatic carbocycles. The Balaban J connectivity index is 1.31. The van der Waals surface area contributed by atoms with Crippen molar-refractivity contribution in [3.63, 3.8) is 0 Å². The van der Waals surface area contributed by atoms with Gasteiger partial charge in [0.25, 0.3) is 0 Å². The Labute approximate surface area is 262 Å². The normalized spacial score (nSPS) is 19.0. The van der Waals surface area contributed by atoms with E-state index < -0.39 is 75.5 Å². The van der Waals surface area contributed by atoms with Gasteiger partial charge < -0.3 is 5.32 Å². The van der Waals surface area contributed by atoms with E-state index in [0.29, 0.717) is 12.1 Å². The Bertz CT molecular complexity index is 1670. The third kappa shape index (κ3) is 6.77. The number of ketones is 2. The first kappa shape index (κ1) is 32.3. The van der Waals surface area contributed by atoms with Gasteiger partial charge in [0.05, 0.1) is 16.5 Å². The molecule has 13 heteroatoms. The van der Waals surface area contributed by atoms with Crippen molar-refractivity contribution in [2.75, 3.05) is 5.32 Å². The van der Waals surface area contributed by atoms with Crippen molar-refractivity contribution < 1.29 is 40.7 Å². The van der Waals surface area contributed by atoms with Crippen LogP contribution in [0.1, 0.15) is 57.8 Å². The number of benzene rings is 3. The van der Waals surface area contributed by atoms with Crippen LogP contribution < -0.4 is 5.32 Å². The lowest BCUT2D eigenvalue weighted by atomic mass is 9.97. The Morgan fingerprint density at radius 3 is 2.25 bits per heavy atom. The smallest absolute Gasteiger partial charge is 0.326 e. The molecular weight excluding hydrogens is 655 g/mol.